The van der Waals surface area contributed by atoms with Gasteiger partial charge < -0.3 is 15.8 Å². The van der Waals surface area contributed by atoms with E-state index in [0.717, 1.165) is 0 Å². The van der Waals surface area contributed by atoms with E-state index in [1.54, 1.807) is 24.3 Å². The van der Waals surface area contributed by atoms with Crippen molar-refractivity contribution in [2.24, 2.45) is 5.73 Å². The van der Waals surface area contributed by atoms with Gasteiger partial charge in [0.05, 0.1) is 12.7 Å². The lowest BCUT2D eigenvalue weighted by Gasteiger charge is -2.04. The monoisotopic (exact) mass is 222 g/mol. The van der Waals surface area contributed by atoms with Gasteiger partial charge in [0.1, 0.15) is 0 Å². The van der Waals surface area contributed by atoms with Crippen LogP contribution < -0.4 is 11.1 Å². The van der Waals surface area contributed by atoms with Crippen molar-refractivity contribution in [2.45, 2.75) is 0 Å². The Balaban J connectivity index is 2.71. The quantitative estimate of drug-likeness (QED) is 0.711. The topological polar surface area (TPSA) is 81.4 Å². The van der Waals surface area contributed by atoms with Crippen molar-refractivity contribution >= 4 is 11.9 Å². The minimum Gasteiger partial charge on any atom is -0.465 e. The predicted octanol–water partition coefficient (Wildman–Crippen LogP) is 0.162. The number of ether oxygens (including phenoxy) is 1. The van der Waals surface area contributed by atoms with Crippen LogP contribution in [0.25, 0.3) is 0 Å². The van der Waals surface area contributed by atoms with Gasteiger partial charge in [-0.25, -0.2) is 4.79 Å². The van der Waals surface area contributed by atoms with Gasteiger partial charge in [0.15, 0.2) is 0 Å². The highest BCUT2D eigenvalue weighted by molar-refractivity contribution is 5.96. The maximum absolute atomic E-state index is 11.5. The second-order valence-corrected chi connectivity index (χ2v) is 3.11. The largest absolute Gasteiger partial charge is 0.465 e. The van der Waals surface area contributed by atoms with Crippen LogP contribution in [0.5, 0.6) is 0 Å². The van der Waals surface area contributed by atoms with E-state index in [9.17, 15) is 9.59 Å². The van der Waals surface area contributed by atoms with Crippen LogP contribution in [-0.2, 0) is 4.74 Å². The summed E-state index contributed by atoms with van der Waals surface area (Å²) in [5.41, 5.74) is 6.16. The molecule has 16 heavy (non-hydrogen) atoms. The first-order chi connectivity index (χ1) is 7.69. The first kappa shape index (κ1) is 12.2. The molecule has 0 fully saturated rings. The molecule has 5 heteroatoms. The number of esters is 1. The van der Waals surface area contributed by atoms with Crippen molar-refractivity contribution in [2.75, 3.05) is 20.2 Å². The summed E-state index contributed by atoms with van der Waals surface area (Å²) in [6.45, 7) is 0.823. The van der Waals surface area contributed by atoms with Crippen molar-refractivity contribution in [3.8, 4) is 0 Å². The summed E-state index contributed by atoms with van der Waals surface area (Å²) in [6.07, 6.45) is 0. The highest BCUT2D eigenvalue weighted by Gasteiger charge is 2.07. The van der Waals surface area contributed by atoms with E-state index in [-0.39, 0.29) is 5.91 Å². The van der Waals surface area contributed by atoms with Crippen LogP contribution in [0.3, 0.4) is 0 Å². The van der Waals surface area contributed by atoms with Crippen LogP contribution >= 0.6 is 0 Å². The minimum absolute atomic E-state index is 0.207. The molecule has 1 rings (SSSR count). The van der Waals surface area contributed by atoms with E-state index < -0.39 is 5.97 Å². The lowest BCUT2D eigenvalue weighted by molar-refractivity contribution is 0.0600. The molecule has 1 aromatic carbocycles. The fourth-order valence-electron chi connectivity index (χ4n) is 1.16. The molecule has 86 valence electrons. The maximum atomic E-state index is 11.5. The molecular formula is C11H14N2O3. The summed E-state index contributed by atoms with van der Waals surface area (Å²) in [7, 11) is 1.31. The number of benzene rings is 1. The SMILES string of the molecule is COC(=O)c1ccc(C(=O)NCCN)cc1. The van der Waals surface area contributed by atoms with Crippen molar-refractivity contribution in [1.29, 1.82) is 0 Å². The predicted molar refractivity (Wildman–Crippen MR) is 59.2 cm³/mol. The van der Waals surface area contributed by atoms with Gasteiger partial charge in [0.25, 0.3) is 5.91 Å². The highest BCUT2D eigenvalue weighted by atomic mass is 16.5. The Kier molecular flexibility index (Phi) is 4.47. The van der Waals surface area contributed by atoms with E-state index in [2.05, 4.69) is 10.1 Å². The second kappa shape index (κ2) is 5.87. The van der Waals surface area contributed by atoms with Crippen LogP contribution in [0.1, 0.15) is 20.7 Å². The summed E-state index contributed by atoms with van der Waals surface area (Å²) in [6, 6.07) is 6.22. The number of hydrogen-bond donors (Lipinski definition) is 2. The number of hydrogen-bond acceptors (Lipinski definition) is 4. The number of nitrogens with two attached hydrogens (primary N) is 1. The van der Waals surface area contributed by atoms with Gasteiger partial charge in [-0.3, -0.25) is 4.79 Å². The normalized spacial score (nSPS) is 9.62. The number of nitrogens with one attached hydrogen (secondary N) is 1. The molecule has 0 bridgehead atoms. The Hall–Kier alpha value is -1.88. The highest BCUT2D eigenvalue weighted by Crippen LogP contribution is 2.05. The summed E-state index contributed by atoms with van der Waals surface area (Å²) in [5.74, 6) is -0.629. The summed E-state index contributed by atoms with van der Waals surface area (Å²) < 4.78 is 4.55. The van der Waals surface area contributed by atoms with Gasteiger partial charge in [-0.1, -0.05) is 0 Å². The molecule has 3 N–H and O–H groups in total. The van der Waals surface area contributed by atoms with Crippen molar-refractivity contribution < 1.29 is 14.3 Å². The van der Waals surface area contributed by atoms with E-state index in [4.69, 9.17) is 5.73 Å². The van der Waals surface area contributed by atoms with Crippen molar-refractivity contribution in [1.82, 2.24) is 5.32 Å². The van der Waals surface area contributed by atoms with Crippen LogP contribution in [-0.4, -0.2) is 32.1 Å². The maximum Gasteiger partial charge on any atom is 0.337 e. The van der Waals surface area contributed by atoms with Gasteiger partial charge in [-0.2, -0.15) is 0 Å². The zero-order chi connectivity index (χ0) is 12.0. The molecule has 0 spiro atoms. The molecule has 1 amide bonds. The molecule has 0 aliphatic carbocycles. The third-order valence-electron chi connectivity index (χ3n) is 2.00. The Bertz CT molecular complexity index is 373. The fourth-order valence-corrected chi connectivity index (χ4v) is 1.16. The van der Waals surface area contributed by atoms with Crippen LogP contribution in [0, 0.1) is 0 Å². The molecule has 5 nitrogen and oxygen atoms in total. The molecule has 0 aromatic heterocycles. The number of carbonyl (C=O) groups is 2. The fraction of sp³-hybridized carbons (Fsp3) is 0.273. The van der Waals surface area contributed by atoms with Crippen LogP contribution in [0.2, 0.25) is 0 Å². The van der Waals surface area contributed by atoms with Gasteiger partial charge in [0.2, 0.25) is 0 Å². The Morgan fingerprint density at radius 1 is 1.25 bits per heavy atom. The zero-order valence-corrected chi connectivity index (χ0v) is 9.03. The first-order valence-corrected chi connectivity index (χ1v) is 4.85. The van der Waals surface area contributed by atoms with Crippen molar-refractivity contribution in [3.63, 3.8) is 0 Å². The smallest absolute Gasteiger partial charge is 0.337 e. The van der Waals surface area contributed by atoms with Crippen LogP contribution in [0.4, 0.5) is 0 Å². The van der Waals surface area contributed by atoms with E-state index in [1.807, 2.05) is 0 Å². The molecule has 0 saturated heterocycles. The van der Waals surface area contributed by atoms with E-state index >= 15 is 0 Å². The standard InChI is InChI=1S/C11H14N2O3/c1-16-11(15)9-4-2-8(3-5-9)10(14)13-7-6-12/h2-5H,6-7,12H2,1H3,(H,13,14). The average Bonchev–Trinajstić information content (AvgIpc) is 2.35. The number of methoxy groups -OCH3 is 1. The minimum atomic E-state index is -0.422. The number of carbonyl (C=O) groups excluding carboxylic acids is 2. The van der Waals surface area contributed by atoms with E-state index in [1.165, 1.54) is 7.11 Å². The Morgan fingerprint density at radius 2 is 1.81 bits per heavy atom. The van der Waals surface area contributed by atoms with Gasteiger partial charge in [-0.05, 0) is 24.3 Å². The Morgan fingerprint density at radius 3 is 2.31 bits per heavy atom. The van der Waals surface area contributed by atoms with Crippen LogP contribution in [0.15, 0.2) is 24.3 Å². The molecule has 0 radical (unpaired) electrons. The lowest BCUT2D eigenvalue weighted by Crippen LogP contribution is -2.28. The zero-order valence-electron chi connectivity index (χ0n) is 9.03. The molecule has 1 aromatic rings. The molecule has 0 heterocycles. The molecule has 0 unspecified atom stereocenters. The third-order valence-corrected chi connectivity index (χ3v) is 2.00. The van der Waals surface area contributed by atoms with Gasteiger partial charge in [0, 0.05) is 18.7 Å². The summed E-state index contributed by atoms with van der Waals surface area (Å²) >= 11 is 0. The van der Waals surface area contributed by atoms with Crippen molar-refractivity contribution in [3.05, 3.63) is 35.4 Å². The Labute approximate surface area is 93.6 Å². The number of rotatable bonds is 4. The van der Waals surface area contributed by atoms with Gasteiger partial charge in [-0.15, -0.1) is 0 Å². The summed E-state index contributed by atoms with van der Waals surface area (Å²) in [5, 5.41) is 2.63. The average molecular weight is 222 g/mol. The van der Waals surface area contributed by atoms with E-state index in [0.29, 0.717) is 24.2 Å². The molecule has 0 saturated carbocycles. The van der Waals surface area contributed by atoms with Gasteiger partial charge >= 0.3 is 5.97 Å². The third kappa shape index (κ3) is 3.06. The molecule has 0 aliphatic heterocycles. The molecule has 0 atom stereocenters. The lowest BCUT2D eigenvalue weighted by atomic mass is 10.1. The second-order valence-electron chi connectivity index (χ2n) is 3.11. The summed E-state index contributed by atoms with van der Waals surface area (Å²) in [4.78, 5) is 22.6. The molecular weight excluding hydrogens is 208 g/mol. The first-order valence-electron chi connectivity index (χ1n) is 4.85. The number of amides is 1. The molecule has 0 aliphatic rings.